The van der Waals surface area contributed by atoms with Crippen LogP contribution in [0.1, 0.15) is 33.1 Å². The van der Waals surface area contributed by atoms with Gasteiger partial charge >= 0.3 is 0 Å². The Morgan fingerprint density at radius 3 is 2.58 bits per heavy atom. The fourth-order valence-electron chi connectivity index (χ4n) is 2.98. The Hall–Kier alpha value is -1.07. The van der Waals surface area contributed by atoms with E-state index in [2.05, 4.69) is 18.6 Å². The van der Waals surface area contributed by atoms with Gasteiger partial charge in [-0.1, -0.05) is 32.4 Å². The molecule has 19 heavy (non-hydrogen) atoms. The van der Waals surface area contributed by atoms with Crippen molar-refractivity contribution in [2.75, 3.05) is 5.73 Å². The van der Waals surface area contributed by atoms with Gasteiger partial charge in [0.1, 0.15) is 4.90 Å². The van der Waals surface area contributed by atoms with Crippen LogP contribution in [-0.2, 0) is 10.0 Å². The average Bonchev–Trinajstić information content (AvgIpc) is 2.70. The number of hydrogen-bond donors (Lipinski definition) is 2. The number of nitrogens with one attached hydrogen (secondary N) is 1. The summed E-state index contributed by atoms with van der Waals surface area (Å²) in [6, 6.07) is 6.61. The lowest BCUT2D eigenvalue weighted by atomic mass is 9.94. The lowest BCUT2D eigenvalue weighted by Crippen LogP contribution is -2.37. The van der Waals surface area contributed by atoms with E-state index in [-0.39, 0.29) is 10.9 Å². The molecule has 106 valence electrons. The highest BCUT2D eigenvalue weighted by atomic mass is 32.2. The van der Waals surface area contributed by atoms with E-state index in [1.54, 1.807) is 24.3 Å². The van der Waals surface area contributed by atoms with Gasteiger partial charge in [0.15, 0.2) is 0 Å². The Labute approximate surface area is 115 Å². The Kier molecular flexibility index (Phi) is 4.16. The summed E-state index contributed by atoms with van der Waals surface area (Å²) in [6.07, 6.45) is 3.10. The highest BCUT2D eigenvalue weighted by Gasteiger charge is 2.34. The maximum atomic E-state index is 12.4. The van der Waals surface area contributed by atoms with Crippen LogP contribution in [0, 0.1) is 11.8 Å². The summed E-state index contributed by atoms with van der Waals surface area (Å²) < 4.78 is 27.5. The molecule has 0 amide bonds. The first kappa shape index (κ1) is 14.3. The number of hydrogen-bond acceptors (Lipinski definition) is 3. The fraction of sp³-hybridized carbons (Fsp3) is 0.571. The van der Waals surface area contributed by atoms with Crippen LogP contribution in [-0.4, -0.2) is 14.5 Å². The first-order valence-corrected chi connectivity index (χ1v) is 8.31. The number of para-hydroxylation sites is 1. The predicted octanol–water partition coefficient (Wildman–Crippen LogP) is 2.37. The third-order valence-electron chi connectivity index (χ3n) is 4.27. The standard InChI is InChI=1S/C14H22N2O2S/c1-3-11-8-9-13(10(11)2)16-19(17,18)14-7-5-4-6-12(14)15/h4-7,10-11,13,16H,3,8-9,15H2,1-2H3. The van der Waals surface area contributed by atoms with Gasteiger partial charge < -0.3 is 5.73 Å². The van der Waals surface area contributed by atoms with Crippen molar-refractivity contribution < 1.29 is 8.42 Å². The lowest BCUT2D eigenvalue weighted by molar-refractivity contribution is 0.368. The van der Waals surface area contributed by atoms with E-state index in [0.29, 0.717) is 17.5 Å². The summed E-state index contributed by atoms with van der Waals surface area (Å²) in [5, 5.41) is 0. The molecule has 0 aliphatic heterocycles. The van der Waals surface area contributed by atoms with E-state index in [4.69, 9.17) is 5.73 Å². The molecule has 0 aromatic heterocycles. The largest absolute Gasteiger partial charge is 0.398 e. The molecule has 1 aromatic rings. The molecular weight excluding hydrogens is 260 g/mol. The summed E-state index contributed by atoms with van der Waals surface area (Å²) in [4.78, 5) is 0.183. The first-order chi connectivity index (χ1) is 8.95. The molecule has 2 rings (SSSR count). The van der Waals surface area contributed by atoms with E-state index in [1.807, 2.05) is 0 Å². The zero-order valence-corrected chi connectivity index (χ0v) is 12.3. The van der Waals surface area contributed by atoms with Gasteiger partial charge in [-0.3, -0.25) is 0 Å². The molecule has 3 unspecified atom stereocenters. The van der Waals surface area contributed by atoms with E-state index >= 15 is 0 Å². The summed E-state index contributed by atoms with van der Waals surface area (Å²) >= 11 is 0. The number of benzene rings is 1. The van der Waals surface area contributed by atoms with Crippen molar-refractivity contribution in [3.05, 3.63) is 24.3 Å². The molecule has 5 heteroatoms. The number of nitrogen functional groups attached to an aromatic ring is 1. The normalized spacial score (nSPS) is 27.6. The van der Waals surface area contributed by atoms with Crippen molar-refractivity contribution in [1.29, 1.82) is 0 Å². The van der Waals surface area contributed by atoms with Crippen molar-refractivity contribution in [1.82, 2.24) is 4.72 Å². The predicted molar refractivity (Wildman–Crippen MR) is 77.1 cm³/mol. The van der Waals surface area contributed by atoms with Crippen LogP contribution in [0.15, 0.2) is 29.2 Å². The maximum absolute atomic E-state index is 12.4. The molecule has 1 fully saturated rings. The summed E-state index contributed by atoms with van der Waals surface area (Å²) in [5.74, 6) is 0.991. The molecule has 1 aromatic carbocycles. The monoisotopic (exact) mass is 282 g/mol. The van der Waals surface area contributed by atoms with Crippen LogP contribution in [0.3, 0.4) is 0 Å². The molecule has 0 bridgehead atoms. The van der Waals surface area contributed by atoms with Crippen LogP contribution in [0.5, 0.6) is 0 Å². The average molecular weight is 282 g/mol. The van der Waals surface area contributed by atoms with Gasteiger partial charge in [0.25, 0.3) is 0 Å². The van der Waals surface area contributed by atoms with Crippen LogP contribution < -0.4 is 10.5 Å². The molecule has 0 radical (unpaired) electrons. The Morgan fingerprint density at radius 2 is 2.00 bits per heavy atom. The van der Waals surface area contributed by atoms with Gasteiger partial charge in [0, 0.05) is 6.04 Å². The second-order valence-corrected chi connectivity index (χ2v) is 7.05. The van der Waals surface area contributed by atoms with Gasteiger partial charge in [0.2, 0.25) is 10.0 Å². The maximum Gasteiger partial charge on any atom is 0.242 e. The third-order valence-corrected chi connectivity index (χ3v) is 5.83. The van der Waals surface area contributed by atoms with Gasteiger partial charge in [-0.05, 0) is 36.8 Å². The molecule has 4 nitrogen and oxygen atoms in total. The summed E-state index contributed by atoms with van der Waals surface area (Å²) in [7, 11) is -3.51. The SMILES string of the molecule is CCC1CCC(NS(=O)(=O)c2ccccc2N)C1C. The van der Waals surface area contributed by atoms with Crippen LogP contribution in [0.25, 0.3) is 0 Å². The second kappa shape index (κ2) is 5.51. The summed E-state index contributed by atoms with van der Waals surface area (Å²) in [6.45, 7) is 4.29. The van der Waals surface area contributed by atoms with E-state index in [0.717, 1.165) is 19.3 Å². The molecule has 1 aliphatic carbocycles. The number of rotatable bonds is 4. The number of nitrogens with two attached hydrogens (primary N) is 1. The Balaban J connectivity index is 2.17. The quantitative estimate of drug-likeness (QED) is 0.833. The van der Waals surface area contributed by atoms with Crippen molar-refractivity contribution in [2.24, 2.45) is 11.8 Å². The van der Waals surface area contributed by atoms with Crippen LogP contribution >= 0.6 is 0 Å². The molecule has 3 N–H and O–H groups in total. The Bertz CT molecular complexity index is 542. The van der Waals surface area contributed by atoms with Gasteiger partial charge in [-0.25, -0.2) is 13.1 Å². The zero-order chi connectivity index (χ0) is 14.0. The van der Waals surface area contributed by atoms with Gasteiger partial charge in [-0.2, -0.15) is 0 Å². The molecule has 0 saturated heterocycles. The molecule has 0 heterocycles. The van der Waals surface area contributed by atoms with Crippen LogP contribution in [0.4, 0.5) is 5.69 Å². The van der Waals surface area contributed by atoms with E-state index < -0.39 is 10.0 Å². The van der Waals surface area contributed by atoms with Crippen molar-refractivity contribution in [2.45, 2.75) is 44.0 Å². The topological polar surface area (TPSA) is 72.2 Å². The first-order valence-electron chi connectivity index (χ1n) is 6.82. The fourth-order valence-corrected chi connectivity index (χ4v) is 4.47. The minimum Gasteiger partial charge on any atom is -0.398 e. The Morgan fingerprint density at radius 1 is 1.32 bits per heavy atom. The molecule has 1 aliphatic rings. The van der Waals surface area contributed by atoms with Gasteiger partial charge in [0.05, 0.1) is 5.69 Å². The smallest absolute Gasteiger partial charge is 0.242 e. The number of sulfonamides is 1. The third kappa shape index (κ3) is 2.92. The number of anilines is 1. The molecule has 3 atom stereocenters. The van der Waals surface area contributed by atoms with E-state index in [1.165, 1.54) is 0 Å². The zero-order valence-electron chi connectivity index (χ0n) is 11.5. The summed E-state index contributed by atoms with van der Waals surface area (Å²) in [5.41, 5.74) is 6.05. The molecule has 0 spiro atoms. The van der Waals surface area contributed by atoms with Crippen molar-refractivity contribution in [3.8, 4) is 0 Å². The van der Waals surface area contributed by atoms with E-state index in [9.17, 15) is 8.42 Å². The van der Waals surface area contributed by atoms with Crippen LogP contribution in [0.2, 0.25) is 0 Å². The highest BCUT2D eigenvalue weighted by Crippen LogP contribution is 2.34. The lowest BCUT2D eigenvalue weighted by Gasteiger charge is -2.21. The molecule has 1 saturated carbocycles. The molecular formula is C14H22N2O2S. The van der Waals surface area contributed by atoms with Crippen molar-refractivity contribution in [3.63, 3.8) is 0 Å². The van der Waals surface area contributed by atoms with Crippen molar-refractivity contribution >= 4 is 15.7 Å². The minimum absolute atomic E-state index is 0.0227. The van der Waals surface area contributed by atoms with Gasteiger partial charge in [-0.15, -0.1) is 0 Å². The highest BCUT2D eigenvalue weighted by molar-refractivity contribution is 7.89. The minimum atomic E-state index is -3.51. The second-order valence-electron chi connectivity index (χ2n) is 5.37.